The number of methoxy groups -OCH3 is 3. The van der Waals surface area contributed by atoms with Crippen molar-refractivity contribution in [2.75, 3.05) is 41.0 Å². The minimum atomic E-state index is -1.09. The third-order valence-electron chi connectivity index (χ3n) is 3.18. The first-order valence-electron chi connectivity index (χ1n) is 6.67. The summed E-state index contributed by atoms with van der Waals surface area (Å²) in [4.78, 5) is 24.7. The number of nitrogens with zero attached hydrogens (tertiary/aromatic N) is 1. The summed E-state index contributed by atoms with van der Waals surface area (Å²) >= 11 is 0. The van der Waals surface area contributed by atoms with E-state index in [1.807, 2.05) is 6.92 Å². The largest absolute Gasteiger partial charge is 0.496 e. The lowest BCUT2D eigenvalue weighted by Crippen LogP contribution is -2.38. The van der Waals surface area contributed by atoms with Crippen LogP contribution in [0.3, 0.4) is 0 Å². The molecule has 0 aliphatic rings. The molecule has 0 heterocycles. The number of carbonyl (C=O) groups is 2. The minimum absolute atomic E-state index is 0.181. The number of carboxylic acid groups (broad SMARTS) is 1. The quantitative estimate of drug-likeness (QED) is 0.776. The number of carboxylic acids is 1. The topological polar surface area (TPSA) is 85.3 Å². The number of carbonyl (C=O) groups excluding carboxylic acids is 1. The van der Waals surface area contributed by atoms with Gasteiger partial charge in [0.15, 0.2) is 0 Å². The van der Waals surface area contributed by atoms with E-state index in [2.05, 4.69) is 0 Å². The molecule has 0 atom stereocenters. The number of hydrogen-bond donors (Lipinski definition) is 1. The van der Waals surface area contributed by atoms with Gasteiger partial charge in [-0.1, -0.05) is 0 Å². The molecule has 1 N–H and O–H groups in total. The van der Waals surface area contributed by atoms with E-state index in [1.54, 1.807) is 12.1 Å². The Bertz CT molecular complexity index is 518. The van der Waals surface area contributed by atoms with Crippen LogP contribution in [0, 0.1) is 6.92 Å². The first-order valence-corrected chi connectivity index (χ1v) is 6.67. The normalized spacial score (nSPS) is 10.2. The molecule has 7 heteroatoms. The highest BCUT2D eigenvalue weighted by Gasteiger charge is 2.21. The Balaban J connectivity index is 3.14. The second kappa shape index (κ2) is 8.23. The lowest BCUT2D eigenvalue weighted by molar-refractivity contribution is -0.137. The number of aliphatic carboxylic acids is 1. The Morgan fingerprint density at radius 1 is 1.14 bits per heavy atom. The van der Waals surface area contributed by atoms with Gasteiger partial charge in [-0.2, -0.15) is 0 Å². The second-order valence-electron chi connectivity index (χ2n) is 4.62. The molecule has 122 valence electrons. The summed E-state index contributed by atoms with van der Waals surface area (Å²) in [7, 11) is 4.48. The monoisotopic (exact) mass is 311 g/mol. The third kappa shape index (κ3) is 4.36. The Kier molecular flexibility index (Phi) is 6.65. The van der Waals surface area contributed by atoms with E-state index in [1.165, 1.54) is 26.2 Å². The van der Waals surface area contributed by atoms with Crippen molar-refractivity contribution in [3.05, 3.63) is 23.3 Å². The molecule has 0 saturated carbocycles. The standard InChI is InChI=1S/C15H21NO6/c1-10-12(21-3)7-11(8-13(10)22-4)15(19)16(5-6-20-2)9-14(17)18/h7-8H,5-6,9H2,1-4H3,(H,17,18). The Hall–Kier alpha value is -2.28. The maximum atomic E-state index is 12.5. The highest BCUT2D eigenvalue weighted by atomic mass is 16.5. The summed E-state index contributed by atoms with van der Waals surface area (Å²) in [6, 6.07) is 3.14. The van der Waals surface area contributed by atoms with Crippen molar-refractivity contribution in [1.82, 2.24) is 4.90 Å². The number of ether oxygens (including phenoxy) is 3. The number of hydrogen-bond acceptors (Lipinski definition) is 5. The van der Waals surface area contributed by atoms with Gasteiger partial charge >= 0.3 is 5.97 Å². The van der Waals surface area contributed by atoms with Gasteiger partial charge in [0.1, 0.15) is 18.0 Å². The van der Waals surface area contributed by atoms with Gasteiger partial charge in [0, 0.05) is 24.8 Å². The maximum absolute atomic E-state index is 12.5. The highest BCUT2D eigenvalue weighted by molar-refractivity contribution is 5.96. The predicted octanol–water partition coefficient (Wildman–Crippen LogP) is 1.19. The van der Waals surface area contributed by atoms with E-state index >= 15 is 0 Å². The molecule has 1 amide bonds. The molecule has 0 spiro atoms. The van der Waals surface area contributed by atoms with Crippen LogP contribution in [-0.2, 0) is 9.53 Å². The average Bonchev–Trinajstić information content (AvgIpc) is 2.50. The molecule has 22 heavy (non-hydrogen) atoms. The first-order chi connectivity index (χ1) is 10.4. The summed E-state index contributed by atoms with van der Waals surface area (Å²) in [6.07, 6.45) is 0. The minimum Gasteiger partial charge on any atom is -0.496 e. The van der Waals surface area contributed by atoms with Crippen LogP contribution in [0.5, 0.6) is 11.5 Å². The molecule has 0 aromatic heterocycles. The molecule has 0 saturated heterocycles. The van der Waals surface area contributed by atoms with Crippen molar-refractivity contribution in [3.63, 3.8) is 0 Å². The summed E-state index contributed by atoms with van der Waals surface area (Å²) in [5.41, 5.74) is 1.07. The fourth-order valence-corrected chi connectivity index (χ4v) is 2.01. The zero-order valence-corrected chi connectivity index (χ0v) is 13.2. The molecular weight excluding hydrogens is 290 g/mol. The Morgan fingerprint density at radius 3 is 2.09 bits per heavy atom. The van der Waals surface area contributed by atoms with Crippen LogP contribution in [-0.4, -0.2) is 62.9 Å². The first kappa shape index (κ1) is 17.8. The molecule has 0 radical (unpaired) electrons. The number of rotatable bonds is 8. The lowest BCUT2D eigenvalue weighted by atomic mass is 10.1. The highest BCUT2D eigenvalue weighted by Crippen LogP contribution is 2.30. The van der Waals surface area contributed by atoms with Gasteiger partial charge in [-0.25, -0.2) is 0 Å². The molecule has 0 fully saturated rings. The van der Waals surface area contributed by atoms with Gasteiger partial charge in [-0.15, -0.1) is 0 Å². The molecule has 1 aromatic rings. The van der Waals surface area contributed by atoms with E-state index in [9.17, 15) is 9.59 Å². The maximum Gasteiger partial charge on any atom is 0.323 e. The van der Waals surface area contributed by atoms with E-state index in [-0.39, 0.29) is 13.2 Å². The molecular formula is C15H21NO6. The summed E-state index contributed by atoms with van der Waals surface area (Å²) in [5.74, 6) is -0.499. The fraction of sp³-hybridized carbons (Fsp3) is 0.467. The summed E-state index contributed by atoms with van der Waals surface area (Å²) in [6.45, 7) is 1.84. The SMILES string of the molecule is COCCN(CC(=O)O)C(=O)c1cc(OC)c(C)c(OC)c1. The molecule has 1 rings (SSSR count). The van der Waals surface area contributed by atoms with Gasteiger partial charge in [-0.05, 0) is 19.1 Å². The molecule has 0 unspecified atom stereocenters. The second-order valence-corrected chi connectivity index (χ2v) is 4.62. The smallest absolute Gasteiger partial charge is 0.323 e. The molecule has 1 aromatic carbocycles. The number of benzene rings is 1. The van der Waals surface area contributed by atoms with Crippen LogP contribution in [0.25, 0.3) is 0 Å². The van der Waals surface area contributed by atoms with Crippen molar-refractivity contribution in [2.24, 2.45) is 0 Å². The molecule has 0 aliphatic heterocycles. The third-order valence-corrected chi connectivity index (χ3v) is 3.18. The van der Waals surface area contributed by atoms with Crippen molar-refractivity contribution >= 4 is 11.9 Å². The van der Waals surface area contributed by atoms with E-state index in [4.69, 9.17) is 19.3 Å². The van der Waals surface area contributed by atoms with Crippen molar-refractivity contribution in [2.45, 2.75) is 6.92 Å². The molecule has 0 aliphatic carbocycles. The molecule has 0 bridgehead atoms. The zero-order chi connectivity index (χ0) is 16.7. The van der Waals surface area contributed by atoms with Gasteiger partial charge in [-0.3, -0.25) is 9.59 Å². The Morgan fingerprint density at radius 2 is 1.68 bits per heavy atom. The van der Waals surface area contributed by atoms with Gasteiger partial charge in [0.25, 0.3) is 5.91 Å². The summed E-state index contributed by atoms with van der Waals surface area (Å²) < 4.78 is 15.4. The Labute approximate surface area is 129 Å². The van der Waals surface area contributed by atoms with E-state index in [0.717, 1.165) is 5.56 Å². The number of amides is 1. The van der Waals surface area contributed by atoms with Crippen LogP contribution < -0.4 is 9.47 Å². The van der Waals surface area contributed by atoms with Crippen LogP contribution in [0.1, 0.15) is 15.9 Å². The predicted molar refractivity (Wildman–Crippen MR) is 79.7 cm³/mol. The van der Waals surface area contributed by atoms with Crippen LogP contribution in [0.2, 0.25) is 0 Å². The van der Waals surface area contributed by atoms with Gasteiger partial charge in [0.05, 0.1) is 20.8 Å². The van der Waals surface area contributed by atoms with Crippen LogP contribution in [0.15, 0.2) is 12.1 Å². The van der Waals surface area contributed by atoms with Gasteiger partial charge < -0.3 is 24.2 Å². The average molecular weight is 311 g/mol. The summed E-state index contributed by atoms with van der Waals surface area (Å²) in [5, 5.41) is 8.94. The van der Waals surface area contributed by atoms with Crippen LogP contribution in [0.4, 0.5) is 0 Å². The van der Waals surface area contributed by atoms with Crippen LogP contribution >= 0.6 is 0 Å². The van der Waals surface area contributed by atoms with Crippen molar-refractivity contribution in [3.8, 4) is 11.5 Å². The fourth-order valence-electron chi connectivity index (χ4n) is 2.01. The molecule has 7 nitrogen and oxygen atoms in total. The van der Waals surface area contributed by atoms with E-state index in [0.29, 0.717) is 17.1 Å². The van der Waals surface area contributed by atoms with Crippen molar-refractivity contribution in [1.29, 1.82) is 0 Å². The van der Waals surface area contributed by atoms with E-state index < -0.39 is 18.4 Å². The zero-order valence-electron chi connectivity index (χ0n) is 13.2. The van der Waals surface area contributed by atoms with Gasteiger partial charge in [0.2, 0.25) is 0 Å². The lowest BCUT2D eigenvalue weighted by Gasteiger charge is -2.21. The van der Waals surface area contributed by atoms with Crippen molar-refractivity contribution < 1.29 is 28.9 Å².